The van der Waals surface area contributed by atoms with Gasteiger partial charge in [-0.2, -0.15) is 0 Å². The van der Waals surface area contributed by atoms with Gasteiger partial charge in [0.2, 0.25) is 6.79 Å². The zero-order valence-electron chi connectivity index (χ0n) is 15.3. The molecule has 0 saturated carbocycles. The monoisotopic (exact) mass is 367 g/mol. The Bertz CT molecular complexity index is 888. The van der Waals surface area contributed by atoms with Gasteiger partial charge in [0.15, 0.2) is 18.1 Å². The maximum atomic E-state index is 12.1. The molecule has 2 aromatic rings. The van der Waals surface area contributed by atoms with Crippen LogP contribution in [0.25, 0.3) is 6.08 Å². The van der Waals surface area contributed by atoms with Crippen molar-refractivity contribution in [2.24, 2.45) is 0 Å². The summed E-state index contributed by atoms with van der Waals surface area (Å²) in [5.74, 6) is 0.344. The van der Waals surface area contributed by atoms with E-state index in [0.29, 0.717) is 11.5 Å². The number of hydrogen-bond donors (Lipinski definition) is 1. The van der Waals surface area contributed by atoms with Crippen molar-refractivity contribution in [2.45, 2.75) is 20.3 Å². The molecule has 2 aromatic carbocycles. The zero-order chi connectivity index (χ0) is 19.2. The molecule has 1 heterocycles. The van der Waals surface area contributed by atoms with Gasteiger partial charge in [-0.3, -0.25) is 4.79 Å². The van der Waals surface area contributed by atoms with Crippen LogP contribution >= 0.6 is 0 Å². The van der Waals surface area contributed by atoms with Crippen molar-refractivity contribution in [3.8, 4) is 11.5 Å². The van der Waals surface area contributed by atoms with Crippen molar-refractivity contribution < 1.29 is 23.8 Å². The molecule has 6 nitrogen and oxygen atoms in total. The molecule has 0 atom stereocenters. The lowest BCUT2D eigenvalue weighted by Gasteiger charge is -2.12. The van der Waals surface area contributed by atoms with Crippen LogP contribution in [-0.2, 0) is 20.7 Å². The Morgan fingerprint density at radius 1 is 1.19 bits per heavy atom. The molecule has 0 saturated heterocycles. The Labute approximate surface area is 157 Å². The minimum atomic E-state index is -0.594. The van der Waals surface area contributed by atoms with Gasteiger partial charge >= 0.3 is 5.97 Å². The molecule has 6 heteroatoms. The highest BCUT2D eigenvalue weighted by Gasteiger charge is 2.13. The summed E-state index contributed by atoms with van der Waals surface area (Å²) < 4.78 is 15.5. The summed E-state index contributed by atoms with van der Waals surface area (Å²) in [5, 5.41) is 2.82. The third kappa shape index (κ3) is 4.67. The highest BCUT2D eigenvalue weighted by Crippen LogP contribution is 2.32. The van der Waals surface area contributed by atoms with Crippen molar-refractivity contribution in [1.82, 2.24) is 0 Å². The van der Waals surface area contributed by atoms with E-state index in [1.165, 1.54) is 6.08 Å². The highest BCUT2D eigenvalue weighted by molar-refractivity contribution is 5.95. The summed E-state index contributed by atoms with van der Waals surface area (Å²) in [6, 6.07) is 11.2. The first-order valence-electron chi connectivity index (χ1n) is 8.69. The third-order valence-electron chi connectivity index (χ3n) is 4.16. The fraction of sp³-hybridized carbons (Fsp3) is 0.238. The number of hydrogen-bond acceptors (Lipinski definition) is 5. The molecule has 0 aromatic heterocycles. The number of rotatable bonds is 6. The lowest BCUT2D eigenvalue weighted by atomic mass is 10.1. The van der Waals surface area contributed by atoms with Crippen molar-refractivity contribution in [1.29, 1.82) is 0 Å². The molecule has 1 aliphatic rings. The van der Waals surface area contributed by atoms with Crippen LogP contribution in [-0.4, -0.2) is 25.3 Å². The van der Waals surface area contributed by atoms with E-state index < -0.39 is 5.97 Å². The standard InChI is InChI=1S/C21H21NO5/c1-3-16-6-4-5-14(2)21(16)22-19(23)12-25-20(24)10-8-15-7-9-17-18(11-15)27-13-26-17/h4-11H,3,12-13H2,1-2H3,(H,22,23)/b10-8+. The normalized spacial score (nSPS) is 12.2. The SMILES string of the molecule is CCc1cccc(C)c1NC(=O)COC(=O)/C=C/c1ccc2c(c1)OCO2. The lowest BCUT2D eigenvalue weighted by Crippen LogP contribution is -2.21. The number of esters is 1. The number of benzene rings is 2. The first-order valence-corrected chi connectivity index (χ1v) is 8.69. The van der Waals surface area contributed by atoms with Crippen molar-refractivity contribution in [2.75, 3.05) is 18.7 Å². The molecule has 0 bridgehead atoms. The van der Waals surface area contributed by atoms with E-state index in [2.05, 4.69) is 5.32 Å². The van der Waals surface area contributed by atoms with Crippen LogP contribution < -0.4 is 14.8 Å². The number of nitrogens with one attached hydrogen (secondary N) is 1. The first kappa shape index (κ1) is 18.5. The molecule has 0 aliphatic carbocycles. The molecular weight excluding hydrogens is 346 g/mol. The molecule has 27 heavy (non-hydrogen) atoms. The van der Waals surface area contributed by atoms with E-state index in [0.717, 1.165) is 28.8 Å². The second-order valence-corrected chi connectivity index (χ2v) is 6.06. The second-order valence-electron chi connectivity index (χ2n) is 6.06. The maximum absolute atomic E-state index is 12.1. The summed E-state index contributed by atoms with van der Waals surface area (Å²) in [4.78, 5) is 23.9. The van der Waals surface area contributed by atoms with E-state index >= 15 is 0 Å². The number of para-hydroxylation sites is 1. The number of ether oxygens (including phenoxy) is 3. The van der Waals surface area contributed by atoms with Gasteiger partial charge in [-0.25, -0.2) is 4.79 Å². The summed E-state index contributed by atoms with van der Waals surface area (Å²) in [6.07, 6.45) is 3.67. The minimum absolute atomic E-state index is 0.195. The Hall–Kier alpha value is -3.28. The topological polar surface area (TPSA) is 73.9 Å². The number of carbonyl (C=O) groups excluding carboxylic acids is 2. The van der Waals surface area contributed by atoms with Gasteiger partial charge in [0, 0.05) is 11.8 Å². The van der Waals surface area contributed by atoms with Gasteiger partial charge in [0.1, 0.15) is 0 Å². The largest absolute Gasteiger partial charge is 0.454 e. The molecule has 1 aliphatic heterocycles. The smallest absolute Gasteiger partial charge is 0.331 e. The van der Waals surface area contributed by atoms with E-state index in [1.54, 1.807) is 24.3 Å². The summed E-state index contributed by atoms with van der Waals surface area (Å²) in [6.45, 7) is 3.79. The first-order chi connectivity index (χ1) is 13.1. The average Bonchev–Trinajstić information content (AvgIpc) is 3.14. The van der Waals surface area contributed by atoms with Crippen LogP contribution in [0.2, 0.25) is 0 Å². The quantitative estimate of drug-likeness (QED) is 0.625. The molecule has 1 amide bonds. The third-order valence-corrected chi connectivity index (χ3v) is 4.16. The van der Waals surface area contributed by atoms with E-state index in [-0.39, 0.29) is 19.3 Å². The fourth-order valence-corrected chi connectivity index (χ4v) is 2.74. The van der Waals surface area contributed by atoms with Crippen LogP contribution in [0.5, 0.6) is 11.5 Å². The lowest BCUT2D eigenvalue weighted by molar-refractivity contribution is -0.142. The van der Waals surface area contributed by atoms with Crippen molar-refractivity contribution in [3.63, 3.8) is 0 Å². The molecule has 3 rings (SSSR count). The van der Waals surface area contributed by atoms with Crippen molar-refractivity contribution in [3.05, 3.63) is 59.2 Å². The second kappa shape index (κ2) is 8.40. The predicted octanol–water partition coefficient (Wildman–Crippen LogP) is 3.48. The Morgan fingerprint density at radius 3 is 2.81 bits per heavy atom. The van der Waals surface area contributed by atoms with Crippen LogP contribution in [0.15, 0.2) is 42.5 Å². The summed E-state index contributed by atoms with van der Waals surface area (Å²) in [5.41, 5.74) is 3.55. The van der Waals surface area contributed by atoms with E-state index in [9.17, 15) is 9.59 Å². The average molecular weight is 367 g/mol. The summed E-state index contributed by atoms with van der Waals surface area (Å²) >= 11 is 0. The zero-order valence-corrected chi connectivity index (χ0v) is 15.3. The number of fused-ring (bicyclic) bond motifs is 1. The fourth-order valence-electron chi connectivity index (χ4n) is 2.74. The number of carbonyl (C=O) groups is 2. The Kier molecular flexibility index (Phi) is 5.76. The van der Waals surface area contributed by atoms with E-state index in [1.807, 2.05) is 32.0 Å². The number of amides is 1. The number of anilines is 1. The van der Waals surface area contributed by atoms with Gasteiger partial charge in [-0.15, -0.1) is 0 Å². The molecule has 1 N–H and O–H groups in total. The van der Waals surface area contributed by atoms with Crippen LogP contribution in [0.3, 0.4) is 0 Å². The molecular formula is C21H21NO5. The van der Waals surface area contributed by atoms with Gasteiger partial charge < -0.3 is 19.5 Å². The van der Waals surface area contributed by atoms with Crippen LogP contribution in [0.4, 0.5) is 5.69 Å². The van der Waals surface area contributed by atoms with Gasteiger partial charge in [0.25, 0.3) is 5.91 Å². The Morgan fingerprint density at radius 2 is 2.00 bits per heavy atom. The van der Waals surface area contributed by atoms with Gasteiger partial charge in [-0.1, -0.05) is 31.2 Å². The molecule has 0 spiro atoms. The van der Waals surface area contributed by atoms with Gasteiger partial charge in [0.05, 0.1) is 0 Å². The molecule has 0 radical (unpaired) electrons. The van der Waals surface area contributed by atoms with Crippen LogP contribution in [0, 0.1) is 6.92 Å². The molecule has 140 valence electrons. The minimum Gasteiger partial charge on any atom is -0.454 e. The van der Waals surface area contributed by atoms with Gasteiger partial charge in [-0.05, 0) is 48.2 Å². The molecule has 0 fully saturated rings. The molecule has 0 unspecified atom stereocenters. The predicted molar refractivity (Wildman–Crippen MR) is 102 cm³/mol. The van der Waals surface area contributed by atoms with Crippen LogP contribution in [0.1, 0.15) is 23.6 Å². The summed E-state index contributed by atoms with van der Waals surface area (Å²) in [7, 11) is 0. The maximum Gasteiger partial charge on any atom is 0.331 e. The van der Waals surface area contributed by atoms with Crippen molar-refractivity contribution >= 4 is 23.6 Å². The highest BCUT2D eigenvalue weighted by atomic mass is 16.7. The Balaban J connectivity index is 1.52. The van der Waals surface area contributed by atoms with E-state index in [4.69, 9.17) is 14.2 Å². The number of aryl methyl sites for hydroxylation is 2.